The number of ether oxygens (including phenoxy) is 2. The molecule has 2 aliphatic heterocycles. The van der Waals surface area contributed by atoms with Crippen LogP contribution in [0.3, 0.4) is 0 Å². The highest BCUT2D eigenvalue weighted by Crippen LogP contribution is 2.42. The summed E-state index contributed by atoms with van der Waals surface area (Å²) in [5, 5.41) is 10.6. The summed E-state index contributed by atoms with van der Waals surface area (Å²) < 4.78 is 11.3. The monoisotopic (exact) mass is 368 g/mol. The molecule has 0 saturated carbocycles. The SMILES string of the molecule is C[C@@H]1C[C@@H](C)[C@H](O)[C@@H](C)C(=O)O[C@H](C)[C@H](C)[C@H](C)[C@@H](C)C(=O)[C@]2(CO2)C1. The smallest absolute Gasteiger partial charge is 0.311 e. The summed E-state index contributed by atoms with van der Waals surface area (Å²) >= 11 is 0. The molecule has 0 aromatic carbocycles. The van der Waals surface area contributed by atoms with E-state index in [-0.39, 0.29) is 47.4 Å². The Labute approximate surface area is 157 Å². The molecule has 0 unspecified atom stereocenters. The lowest BCUT2D eigenvalue weighted by Gasteiger charge is -2.34. The van der Waals surface area contributed by atoms with Crippen molar-refractivity contribution >= 4 is 11.8 Å². The fraction of sp³-hybridized carbons (Fsp3) is 0.905. The van der Waals surface area contributed by atoms with Crippen molar-refractivity contribution in [2.45, 2.75) is 79.1 Å². The van der Waals surface area contributed by atoms with Gasteiger partial charge in [-0.05, 0) is 50.4 Å². The second kappa shape index (κ2) is 7.97. The van der Waals surface area contributed by atoms with E-state index in [2.05, 4.69) is 6.92 Å². The maximum atomic E-state index is 13.1. The Morgan fingerprint density at radius 2 is 1.54 bits per heavy atom. The first-order chi connectivity index (χ1) is 12.0. The van der Waals surface area contributed by atoms with Crippen LogP contribution in [0, 0.1) is 35.5 Å². The third-order valence-electron chi connectivity index (χ3n) is 6.94. The molecule has 0 bridgehead atoms. The van der Waals surface area contributed by atoms with Crippen molar-refractivity contribution in [2.24, 2.45) is 35.5 Å². The van der Waals surface area contributed by atoms with E-state index in [1.165, 1.54) is 0 Å². The highest BCUT2D eigenvalue weighted by atomic mass is 16.6. The summed E-state index contributed by atoms with van der Waals surface area (Å²) in [4.78, 5) is 25.6. The van der Waals surface area contributed by atoms with Crippen LogP contribution in [0.1, 0.15) is 61.3 Å². The van der Waals surface area contributed by atoms with Gasteiger partial charge < -0.3 is 14.6 Å². The fourth-order valence-electron chi connectivity index (χ4n) is 4.43. The van der Waals surface area contributed by atoms with Crippen LogP contribution in [0.5, 0.6) is 0 Å². The Bertz CT molecular complexity index is 526. The molecule has 1 N–H and O–H groups in total. The van der Waals surface area contributed by atoms with E-state index in [1.807, 2.05) is 34.6 Å². The van der Waals surface area contributed by atoms with Gasteiger partial charge in [0.2, 0.25) is 0 Å². The number of carbonyl (C=O) groups is 2. The van der Waals surface area contributed by atoms with Crippen LogP contribution in [0.25, 0.3) is 0 Å². The molecule has 150 valence electrons. The summed E-state index contributed by atoms with van der Waals surface area (Å²) in [6.45, 7) is 14.2. The molecule has 0 aromatic heterocycles. The highest BCUT2D eigenvalue weighted by Gasteiger charge is 2.54. The van der Waals surface area contributed by atoms with Gasteiger partial charge in [-0.25, -0.2) is 0 Å². The van der Waals surface area contributed by atoms with E-state index < -0.39 is 17.6 Å². The first kappa shape index (κ1) is 21.4. The van der Waals surface area contributed by atoms with Gasteiger partial charge in [-0.1, -0.05) is 34.6 Å². The van der Waals surface area contributed by atoms with Gasteiger partial charge in [0, 0.05) is 5.92 Å². The molecule has 2 aliphatic rings. The predicted octanol–water partition coefficient (Wildman–Crippen LogP) is 3.23. The predicted molar refractivity (Wildman–Crippen MR) is 99.5 cm³/mol. The molecule has 1 spiro atoms. The lowest BCUT2D eigenvalue weighted by atomic mass is 9.74. The van der Waals surface area contributed by atoms with Crippen molar-refractivity contribution in [3.63, 3.8) is 0 Å². The van der Waals surface area contributed by atoms with Crippen LogP contribution >= 0.6 is 0 Å². The standard InChI is InChI=1S/C21H36O5/c1-11-8-12(2)18(22)16(6)20(24)26-17(7)14(4)13(3)15(5)19(23)21(9-11)10-25-21/h11-18,22H,8-10H2,1-7H3/t11-,12-,13+,14-,15-,16-,17-,18+,21-/m1/s1. The molecular weight excluding hydrogens is 332 g/mol. The molecule has 0 radical (unpaired) electrons. The zero-order chi connectivity index (χ0) is 19.8. The third-order valence-corrected chi connectivity index (χ3v) is 6.94. The van der Waals surface area contributed by atoms with Crippen LogP contribution in [-0.4, -0.2) is 41.3 Å². The molecule has 2 fully saturated rings. The lowest BCUT2D eigenvalue weighted by Crippen LogP contribution is -2.41. The van der Waals surface area contributed by atoms with Crippen molar-refractivity contribution in [1.82, 2.24) is 0 Å². The van der Waals surface area contributed by atoms with E-state index in [9.17, 15) is 14.7 Å². The van der Waals surface area contributed by atoms with Gasteiger partial charge in [-0.15, -0.1) is 0 Å². The third kappa shape index (κ3) is 4.30. The van der Waals surface area contributed by atoms with Gasteiger partial charge >= 0.3 is 5.97 Å². The zero-order valence-electron chi connectivity index (χ0n) is 17.3. The van der Waals surface area contributed by atoms with Crippen LogP contribution < -0.4 is 0 Å². The minimum atomic E-state index is -0.751. The van der Waals surface area contributed by atoms with Gasteiger partial charge in [0.05, 0.1) is 18.6 Å². The van der Waals surface area contributed by atoms with Crippen LogP contribution in [0.4, 0.5) is 0 Å². The summed E-state index contributed by atoms with van der Waals surface area (Å²) in [6, 6.07) is 0. The topological polar surface area (TPSA) is 76.1 Å². The zero-order valence-corrected chi connectivity index (χ0v) is 17.3. The Hall–Kier alpha value is -0.940. The minimum absolute atomic E-state index is 0.0378. The molecule has 26 heavy (non-hydrogen) atoms. The van der Waals surface area contributed by atoms with Gasteiger partial charge in [0.1, 0.15) is 11.7 Å². The number of carbonyl (C=O) groups excluding carboxylic acids is 2. The normalized spacial score (nSPS) is 48.8. The van der Waals surface area contributed by atoms with Gasteiger partial charge in [-0.3, -0.25) is 9.59 Å². The molecule has 0 amide bonds. The van der Waals surface area contributed by atoms with Crippen molar-refractivity contribution < 1.29 is 24.2 Å². The van der Waals surface area contributed by atoms with Crippen molar-refractivity contribution in [3.05, 3.63) is 0 Å². The molecular formula is C21H36O5. The number of ketones is 1. The number of hydrogen-bond donors (Lipinski definition) is 1. The average Bonchev–Trinajstić information content (AvgIpc) is 3.36. The molecule has 0 aromatic rings. The molecule has 5 nitrogen and oxygen atoms in total. The average molecular weight is 369 g/mol. The van der Waals surface area contributed by atoms with E-state index in [0.717, 1.165) is 6.42 Å². The Balaban J connectivity index is 2.28. The molecule has 2 rings (SSSR count). The second-order valence-electron chi connectivity index (χ2n) is 9.10. The number of esters is 1. The number of aliphatic hydroxyl groups excluding tert-OH is 1. The summed E-state index contributed by atoms with van der Waals surface area (Å²) in [6.07, 6.45) is 0.365. The van der Waals surface area contributed by atoms with Crippen LogP contribution in [-0.2, 0) is 19.1 Å². The quantitative estimate of drug-likeness (QED) is 0.525. The largest absolute Gasteiger partial charge is 0.462 e. The van der Waals surface area contributed by atoms with Crippen molar-refractivity contribution in [3.8, 4) is 0 Å². The minimum Gasteiger partial charge on any atom is -0.462 e. The first-order valence-corrected chi connectivity index (χ1v) is 10.1. The second-order valence-corrected chi connectivity index (χ2v) is 9.10. The van der Waals surface area contributed by atoms with Crippen molar-refractivity contribution in [1.29, 1.82) is 0 Å². The number of aliphatic hydroxyl groups is 1. The van der Waals surface area contributed by atoms with Gasteiger partial charge in [0.25, 0.3) is 0 Å². The number of hydrogen-bond acceptors (Lipinski definition) is 5. The summed E-state index contributed by atoms with van der Waals surface area (Å²) in [5.74, 6) is -0.608. The summed E-state index contributed by atoms with van der Waals surface area (Å²) in [5.41, 5.74) is -0.646. The van der Waals surface area contributed by atoms with E-state index in [4.69, 9.17) is 9.47 Å². The molecule has 2 saturated heterocycles. The highest BCUT2D eigenvalue weighted by molar-refractivity contribution is 5.91. The van der Waals surface area contributed by atoms with Crippen molar-refractivity contribution in [2.75, 3.05) is 6.61 Å². The maximum Gasteiger partial charge on any atom is 0.311 e. The molecule has 0 aliphatic carbocycles. The van der Waals surface area contributed by atoms with E-state index in [0.29, 0.717) is 13.0 Å². The number of rotatable bonds is 0. The van der Waals surface area contributed by atoms with Crippen LogP contribution in [0.15, 0.2) is 0 Å². The summed E-state index contributed by atoms with van der Waals surface area (Å²) in [7, 11) is 0. The maximum absolute atomic E-state index is 13.1. The van der Waals surface area contributed by atoms with Gasteiger partial charge in [-0.2, -0.15) is 0 Å². The number of epoxide rings is 1. The van der Waals surface area contributed by atoms with Gasteiger partial charge in [0.15, 0.2) is 5.78 Å². The number of cyclic esters (lactones) is 1. The molecule has 2 heterocycles. The molecule has 5 heteroatoms. The number of Topliss-reactive ketones (excluding diaryl/α,β-unsaturated/α-hetero) is 1. The first-order valence-electron chi connectivity index (χ1n) is 10.1. The van der Waals surface area contributed by atoms with Crippen LogP contribution in [0.2, 0.25) is 0 Å². The Kier molecular flexibility index (Phi) is 6.55. The lowest BCUT2D eigenvalue weighted by molar-refractivity contribution is -0.161. The van der Waals surface area contributed by atoms with E-state index >= 15 is 0 Å². The Morgan fingerprint density at radius 1 is 0.962 bits per heavy atom. The van der Waals surface area contributed by atoms with E-state index in [1.54, 1.807) is 6.92 Å². The Morgan fingerprint density at radius 3 is 2.08 bits per heavy atom. The molecule has 9 atom stereocenters. The fourth-order valence-corrected chi connectivity index (χ4v) is 4.43.